The first-order valence-electron chi connectivity index (χ1n) is 12.0. The van der Waals surface area contributed by atoms with Crippen LogP contribution >= 0.6 is 11.6 Å². The maximum atomic E-state index is 13.9. The number of halogens is 1. The Morgan fingerprint density at radius 2 is 1.94 bits per heavy atom. The van der Waals surface area contributed by atoms with E-state index in [9.17, 15) is 4.79 Å². The number of rotatable bonds is 6. The summed E-state index contributed by atoms with van der Waals surface area (Å²) < 4.78 is 20.4. The van der Waals surface area contributed by atoms with Gasteiger partial charge in [0.2, 0.25) is 5.82 Å². The molecule has 10 nitrogen and oxygen atoms in total. The van der Waals surface area contributed by atoms with E-state index in [1.54, 1.807) is 22.4 Å². The van der Waals surface area contributed by atoms with Crippen LogP contribution in [-0.2, 0) is 21.6 Å². The summed E-state index contributed by atoms with van der Waals surface area (Å²) in [7, 11) is 1.68. The zero-order chi connectivity index (χ0) is 24.0. The van der Waals surface area contributed by atoms with Gasteiger partial charge in [0.05, 0.1) is 24.2 Å². The molecule has 1 saturated heterocycles. The Labute approximate surface area is 206 Å². The molecule has 0 unspecified atom stereocenters. The number of hydrogen-bond donors (Lipinski definition) is 0. The Bertz CT molecular complexity index is 1430. The number of benzene rings is 1. The molecule has 0 bridgehead atoms. The average Bonchev–Trinajstić information content (AvgIpc) is 3.64. The monoisotopic (exact) mass is 498 g/mol. The first-order chi connectivity index (χ1) is 17.1. The van der Waals surface area contributed by atoms with Crippen LogP contribution in [0.5, 0.6) is 0 Å². The summed E-state index contributed by atoms with van der Waals surface area (Å²) in [5.74, 6) is 0.727. The van der Waals surface area contributed by atoms with Crippen LogP contribution in [-0.4, -0.2) is 69.0 Å². The molecule has 35 heavy (non-hydrogen) atoms. The second-order valence-electron chi connectivity index (χ2n) is 9.18. The number of morpholine rings is 1. The van der Waals surface area contributed by atoms with Gasteiger partial charge in [-0.3, -0.25) is 14.1 Å². The Morgan fingerprint density at radius 1 is 1.14 bits per heavy atom. The zero-order valence-electron chi connectivity index (χ0n) is 19.6. The molecule has 2 fully saturated rings. The van der Waals surface area contributed by atoms with Crippen molar-refractivity contribution in [3.63, 3.8) is 0 Å². The number of nitrogens with zero attached hydrogens (tertiary/aromatic N) is 6. The lowest BCUT2D eigenvalue weighted by molar-refractivity contribution is -0.0178. The second kappa shape index (κ2) is 9.02. The molecule has 4 aromatic rings. The quantitative estimate of drug-likeness (QED) is 0.400. The largest absolute Gasteiger partial charge is 0.379 e. The Morgan fingerprint density at radius 3 is 2.71 bits per heavy atom. The lowest BCUT2D eigenvalue weighted by atomic mass is 10.0. The van der Waals surface area contributed by atoms with E-state index in [2.05, 4.69) is 20.0 Å². The van der Waals surface area contributed by atoms with E-state index in [1.165, 1.54) is 0 Å². The van der Waals surface area contributed by atoms with Gasteiger partial charge in [0.25, 0.3) is 11.4 Å². The van der Waals surface area contributed by atoms with Gasteiger partial charge in [-0.25, -0.2) is 4.98 Å². The summed E-state index contributed by atoms with van der Waals surface area (Å²) in [6, 6.07) is 5.54. The van der Waals surface area contributed by atoms with Crippen LogP contribution in [0.3, 0.4) is 0 Å². The molecule has 0 N–H and O–H groups in total. The molecule has 1 saturated carbocycles. The predicted molar refractivity (Wildman–Crippen MR) is 130 cm³/mol. The summed E-state index contributed by atoms with van der Waals surface area (Å²) >= 11 is 6.32. The van der Waals surface area contributed by atoms with Crippen molar-refractivity contribution in [1.29, 1.82) is 0 Å². The number of ether oxygens (including phenoxy) is 2. The minimum absolute atomic E-state index is 0.178. The van der Waals surface area contributed by atoms with Crippen LogP contribution < -0.4 is 5.56 Å². The summed E-state index contributed by atoms with van der Waals surface area (Å²) in [5.41, 5.74) is 1.63. The van der Waals surface area contributed by atoms with E-state index >= 15 is 0 Å². The molecule has 1 aliphatic carbocycles. The van der Waals surface area contributed by atoms with E-state index in [0.717, 1.165) is 56.4 Å². The standard InChI is InChI=1S/C24H27ClN6O4/c1-33-24(6-2-3-7-24)23-27-21(35-28-23)19-20-22(32)30(9-8-29-10-12-34-13-11-29)18-14-16(25)4-5-17(18)31(20)15-26-19/h4-5,14-15H,2-3,6-13H2,1H3. The SMILES string of the molecule is COC1(c2noc(-c3ncn4c3c(=O)n(CCN3CCOCC3)c3cc(Cl)ccc34)n2)CCCC1. The fourth-order valence-corrected chi connectivity index (χ4v) is 5.47. The van der Waals surface area contributed by atoms with Gasteiger partial charge in [0.15, 0.2) is 5.69 Å². The van der Waals surface area contributed by atoms with Gasteiger partial charge >= 0.3 is 0 Å². The van der Waals surface area contributed by atoms with Gasteiger partial charge < -0.3 is 18.6 Å². The van der Waals surface area contributed by atoms with Crippen molar-refractivity contribution >= 4 is 28.2 Å². The molecule has 3 aromatic heterocycles. The molecule has 0 amide bonds. The Balaban J connectivity index is 1.46. The lowest BCUT2D eigenvalue weighted by Gasteiger charge is -2.27. The second-order valence-corrected chi connectivity index (χ2v) is 9.62. The number of imidazole rings is 1. The third kappa shape index (κ3) is 3.85. The van der Waals surface area contributed by atoms with E-state index in [1.807, 2.05) is 18.2 Å². The highest BCUT2D eigenvalue weighted by Gasteiger charge is 2.40. The van der Waals surface area contributed by atoms with E-state index in [-0.39, 0.29) is 11.4 Å². The van der Waals surface area contributed by atoms with E-state index in [0.29, 0.717) is 41.8 Å². The van der Waals surface area contributed by atoms with Crippen molar-refractivity contribution in [2.75, 3.05) is 40.0 Å². The number of fused-ring (bicyclic) bond motifs is 3. The highest BCUT2D eigenvalue weighted by molar-refractivity contribution is 6.31. The van der Waals surface area contributed by atoms with Crippen molar-refractivity contribution in [2.45, 2.75) is 37.8 Å². The molecule has 11 heteroatoms. The van der Waals surface area contributed by atoms with Crippen LogP contribution in [0.25, 0.3) is 28.1 Å². The Kier molecular flexibility index (Phi) is 5.84. The zero-order valence-corrected chi connectivity index (χ0v) is 20.3. The van der Waals surface area contributed by atoms with Gasteiger partial charge in [-0.1, -0.05) is 16.8 Å². The van der Waals surface area contributed by atoms with E-state index in [4.69, 9.17) is 25.6 Å². The topological polar surface area (TPSA) is 99.9 Å². The molecule has 1 aliphatic heterocycles. The molecule has 0 atom stereocenters. The van der Waals surface area contributed by atoms with Crippen molar-refractivity contribution in [3.8, 4) is 11.6 Å². The first-order valence-corrected chi connectivity index (χ1v) is 12.4. The van der Waals surface area contributed by atoms with Gasteiger partial charge in [-0.15, -0.1) is 0 Å². The number of methoxy groups -OCH3 is 1. The van der Waals surface area contributed by atoms with Gasteiger partial charge in [-0.2, -0.15) is 4.98 Å². The normalized spacial score (nSPS) is 18.7. The van der Waals surface area contributed by atoms with Crippen LogP contribution in [0.4, 0.5) is 0 Å². The Hall–Kier alpha value is -2.79. The van der Waals surface area contributed by atoms with Gasteiger partial charge in [0.1, 0.15) is 17.4 Å². The van der Waals surface area contributed by atoms with Gasteiger partial charge in [0, 0.05) is 38.3 Å². The lowest BCUT2D eigenvalue weighted by Crippen LogP contribution is -2.39. The molecule has 0 radical (unpaired) electrons. The number of hydrogen-bond acceptors (Lipinski definition) is 8. The van der Waals surface area contributed by atoms with Crippen LogP contribution in [0.15, 0.2) is 33.8 Å². The summed E-state index contributed by atoms with van der Waals surface area (Å²) in [4.78, 5) is 25.3. The maximum Gasteiger partial charge on any atom is 0.279 e. The first kappa shape index (κ1) is 22.7. The molecule has 6 rings (SSSR count). The fraction of sp³-hybridized carbons (Fsp3) is 0.500. The third-order valence-electron chi connectivity index (χ3n) is 7.28. The van der Waals surface area contributed by atoms with Crippen molar-refractivity contribution in [1.82, 2.24) is 29.0 Å². The molecule has 184 valence electrons. The highest BCUT2D eigenvalue weighted by Crippen LogP contribution is 2.40. The minimum Gasteiger partial charge on any atom is -0.379 e. The smallest absolute Gasteiger partial charge is 0.279 e. The van der Waals surface area contributed by atoms with Crippen molar-refractivity contribution in [2.24, 2.45) is 0 Å². The minimum atomic E-state index is -0.543. The van der Waals surface area contributed by atoms with Crippen LogP contribution in [0.1, 0.15) is 31.5 Å². The maximum absolute atomic E-state index is 13.9. The van der Waals surface area contributed by atoms with Crippen molar-refractivity contribution in [3.05, 3.63) is 45.7 Å². The van der Waals surface area contributed by atoms with E-state index < -0.39 is 5.60 Å². The summed E-state index contributed by atoms with van der Waals surface area (Å²) in [6.07, 6.45) is 5.40. The van der Waals surface area contributed by atoms with Crippen molar-refractivity contribution < 1.29 is 14.0 Å². The molecule has 2 aliphatic rings. The summed E-state index contributed by atoms with van der Waals surface area (Å²) in [6.45, 7) is 4.34. The average molecular weight is 499 g/mol. The molecular weight excluding hydrogens is 472 g/mol. The van der Waals surface area contributed by atoms with Gasteiger partial charge in [-0.05, 0) is 43.9 Å². The summed E-state index contributed by atoms with van der Waals surface area (Å²) in [5, 5.41) is 4.79. The molecular formula is C24H27ClN6O4. The van der Waals surface area contributed by atoms with Crippen LogP contribution in [0.2, 0.25) is 5.02 Å². The highest BCUT2D eigenvalue weighted by atomic mass is 35.5. The number of aromatic nitrogens is 5. The molecule has 0 spiro atoms. The fourth-order valence-electron chi connectivity index (χ4n) is 5.30. The predicted octanol–water partition coefficient (Wildman–Crippen LogP) is 3.10. The van der Waals surface area contributed by atoms with Crippen LogP contribution in [0, 0.1) is 0 Å². The molecule has 1 aromatic carbocycles. The third-order valence-corrected chi connectivity index (χ3v) is 7.52. The molecule has 4 heterocycles.